The van der Waals surface area contributed by atoms with Crippen molar-refractivity contribution in [3.8, 4) is 0 Å². The Labute approximate surface area is 169 Å². The summed E-state index contributed by atoms with van der Waals surface area (Å²) in [5, 5.41) is 0. The van der Waals surface area contributed by atoms with Crippen LogP contribution in [0.15, 0.2) is 15.9 Å². The molecular weight excluding hydrogens is 399 g/mol. The number of fused-ring (bicyclic) bond motifs is 1. The third-order valence-electron chi connectivity index (χ3n) is 4.67. The maximum absolute atomic E-state index is 12.9. The number of hydrogen-bond acceptors (Lipinski definition) is 7. The fourth-order valence-corrected chi connectivity index (χ4v) is 4.29. The number of hydrogen-bond donors (Lipinski definition) is 0. The molecule has 2 rings (SSSR count). The Hall–Kier alpha value is -1.74. The predicted molar refractivity (Wildman–Crippen MR) is 111 cm³/mol. The number of aromatic nitrogens is 4. The Balaban J connectivity index is 2.02. The molecule has 2 heterocycles. The Morgan fingerprint density at radius 2 is 1.83 bits per heavy atom. The van der Waals surface area contributed by atoms with Crippen LogP contribution in [-0.2, 0) is 38.5 Å². The van der Waals surface area contributed by atoms with E-state index in [1.165, 1.54) is 9.13 Å². The Bertz CT molecular complexity index is 964. The van der Waals surface area contributed by atoms with Gasteiger partial charge in [0.05, 0.1) is 26.1 Å². The number of aryl methyl sites for hydroxylation is 1. The van der Waals surface area contributed by atoms with Crippen molar-refractivity contribution >= 4 is 18.8 Å². The molecule has 0 aromatic carbocycles. The first-order valence-corrected chi connectivity index (χ1v) is 11.6. The maximum atomic E-state index is 12.9. The molecule has 29 heavy (non-hydrogen) atoms. The fraction of sp³-hybridized carbons (Fsp3) is 0.722. The first-order chi connectivity index (χ1) is 13.9. The highest BCUT2D eigenvalue weighted by atomic mass is 31.2. The molecular formula is C18H31N4O6P. The summed E-state index contributed by atoms with van der Waals surface area (Å²) in [7, 11) is 0.204. The van der Waals surface area contributed by atoms with Crippen LogP contribution in [0.4, 0.5) is 0 Å². The molecule has 164 valence electrons. The molecule has 0 aliphatic carbocycles. The molecule has 11 heteroatoms. The summed E-state index contributed by atoms with van der Waals surface area (Å²) in [4.78, 5) is 29.6. The average Bonchev–Trinajstić information content (AvgIpc) is 3.14. The van der Waals surface area contributed by atoms with Crippen molar-refractivity contribution in [3.05, 3.63) is 27.2 Å². The lowest BCUT2D eigenvalue weighted by atomic mass is 10.2. The molecule has 2 aromatic rings. The molecule has 0 bridgehead atoms. The van der Waals surface area contributed by atoms with Gasteiger partial charge in [-0.2, -0.15) is 0 Å². The summed E-state index contributed by atoms with van der Waals surface area (Å²) in [6, 6.07) is 0. The number of imidazole rings is 1. The molecule has 0 saturated heterocycles. The average molecular weight is 430 g/mol. The van der Waals surface area contributed by atoms with Crippen LogP contribution in [0, 0.1) is 0 Å². The number of ether oxygens (including phenoxy) is 1. The van der Waals surface area contributed by atoms with Gasteiger partial charge in [0.25, 0.3) is 5.56 Å². The Morgan fingerprint density at radius 3 is 2.48 bits per heavy atom. The van der Waals surface area contributed by atoms with Gasteiger partial charge in [-0.1, -0.05) is 6.92 Å². The van der Waals surface area contributed by atoms with E-state index in [0.717, 1.165) is 6.42 Å². The molecule has 0 saturated carbocycles. The topological polar surface area (TPSA) is 107 Å². The zero-order valence-corrected chi connectivity index (χ0v) is 18.5. The van der Waals surface area contributed by atoms with E-state index in [1.54, 1.807) is 38.9 Å². The number of rotatable bonds is 13. The first-order valence-electron chi connectivity index (χ1n) is 9.90. The lowest BCUT2D eigenvalue weighted by Crippen LogP contribution is -2.39. The zero-order valence-electron chi connectivity index (χ0n) is 17.6. The van der Waals surface area contributed by atoms with Crippen LogP contribution in [0.1, 0.15) is 33.1 Å². The number of methoxy groups -OCH3 is 1. The van der Waals surface area contributed by atoms with Crippen molar-refractivity contribution in [2.45, 2.75) is 46.2 Å². The van der Waals surface area contributed by atoms with Crippen LogP contribution < -0.4 is 11.2 Å². The van der Waals surface area contributed by atoms with Crippen LogP contribution in [0.5, 0.6) is 0 Å². The normalized spacial score (nSPS) is 13.8. The summed E-state index contributed by atoms with van der Waals surface area (Å²) < 4.78 is 32.2. The highest BCUT2D eigenvalue weighted by Gasteiger charge is 2.20. The minimum atomic E-state index is -2.99. The largest absolute Gasteiger partial charge is 0.383 e. The summed E-state index contributed by atoms with van der Waals surface area (Å²) in [6.45, 7) is 5.44. The minimum absolute atomic E-state index is 0.299. The van der Waals surface area contributed by atoms with Gasteiger partial charge in [0, 0.05) is 33.4 Å². The second-order valence-electron chi connectivity index (χ2n) is 6.64. The summed E-state index contributed by atoms with van der Waals surface area (Å²) in [5.74, 6) is 0. The van der Waals surface area contributed by atoms with Crippen molar-refractivity contribution in [1.82, 2.24) is 18.7 Å². The third-order valence-corrected chi connectivity index (χ3v) is 6.67. The minimum Gasteiger partial charge on any atom is -0.383 e. The fourth-order valence-electron chi connectivity index (χ4n) is 3.05. The van der Waals surface area contributed by atoms with Gasteiger partial charge in [0.1, 0.15) is 0 Å². The van der Waals surface area contributed by atoms with Gasteiger partial charge < -0.3 is 18.4 Å². The van der Waals surface area contributed by atoms with Crippen molar-refractivity contribution in [2.24, 2.45) is 7.05 Å². The SMILES string of the molecule is CCOP(=O)(CC)OCCCCCn1c(=O)c2c(ncn2CCOC)n(C)c1=O. The third kappa shape index (κ3) is 5.66. The van der Waals surface area contributed by atoms with E-state index in [0.29, 0.717) is 63.1 Å². The molecule has 1 atom stereocenters. The summed E-state index contributed by atoms with van der Waals surface area (Å²) in [6.07, 6.45) is 3.91. The van der Waals surface area contributed by atoms with Gasteiger partial charge >= 0.3 is 13.3 Å². The Kier molecular flexibility index (Phi) is 8.82. The van der Waals surface area contributed by atoms with Gasteiger partial charge in [-0.3, -0.25) is 18.5 Å². The Morgan fingerprint density at radius 1 is 1.07 bits per heavy atom. The maximum Gasteiger partial charge on any atom is 0.332 e. The lowest BCUT2D eigenvalue weighted by molar-refractivity contribution is 0.188. The highest BCUT2D eigenvalue weighted by molar-refractivity contribution is 7.53. The van der Waals surface area contributed by atoms with Gasteiger partial charge in [-0.15, -0.1) is 0 Å². The first kappa shape index (κ1) is 23.5. The molecule has 1 unspecified atom stereocenters. The second-order valence-corrected chi connectivity index (χ2v) is 9.01. The van der Waals surface area contributed by atoms with Crippen LogP contribution in [0.2, 0.25) is 0 Å². The number of nitrogens with zero attached hydrogens (tertiary/aromatic N) is 4. The van der Waals surface area contributed by atoms with E-state index in [2.05, 4.69) is 4.98 Å². The van der Waals surface area contributed by atoms with Crippen molar-refractivity contribution < 1.29 is 18.3 Å². The molecule has 0 aliphatic rings. The van der Waals surface area contributed by atoms with Gasteiger partial charge in [0.2, 0.25) is 0 Å². The molecule has 2 aromatic heterocycles. The monoisotopic (exact) mass is 430 g/mol. The van der Waals surface area contributed by atoms with Crippen LogP contribution >= 0.6 is 7.60 Å². The molecule has 0 N–H and O–H groups in total. The summed E-state index contributed by atoms with van der Waals surface area (Å²) in [5.41, 5.74) is 0.0300. The van der Waals surface area contributed by atoms with Crippen molar-refractivity contribution in [2.75, 3.05) is 33.1 Å². The number of unbranched alkanes of at least 4 members (excludes halogenated alkanes) is 2. The molecule has 0 aliphatic heterocycles. The van der Waals surface area contributed by atoms with Crippen molar-refractivity contribution in [3.63, 3.8) is 0 Å². The van der Waals surface area contributed by atoms with E-state index in [-0.39, 0.29) is 11.2 Å². The predicted octanol–water partition coefficient (Wildman–Crippen LogP) is 1.98. The van der Waals surface area contributed by atoms with E-state index < -0.39 is 7.60 Å². The molecule has 10 nitrogen and oxygen atoms in total. The second kappa shape index (κ2) is 10.9. The summed E-state index contributed by atoms with van der Waals surface area (Å²) >= 11 is 0. The van der Waals surface area contributed by atoms with Gasteiger partial charge in [0.15, 0.2) is 11.2 Å². The molecule has 0 spiro atoms. The zero-order chi connectivity index (χ0) is 21.4. The standard InChI is InChI=1S/C18H31N4O6P/c1-5-27-29(25,6-2)28-12-9-7-8-10-22-17(23)15-16(20(3)18(22)24)19-14-21(15)11-13-26-4/h14H,5-13H2,1-4H3. The molecule has 0 amide bonds. The van der Waals surface area contributed by atoms with Gasteiger partial charge in [-0.25, -0.2) is 9.78 Å². The van der Waals surface area contributed by atoms with Crippen molar-refractivity contribution in [1.29, 1.82) is 0 Å². The van der Waals surface area contributed by atoms with Crippen LogP contribution in [0.3, 0.4) is 0 Å². The van der Waals surface area contributed by atoms with E-state index in [1.807, 2.05) is 0 Å². The van der Waals surface area contributed by atoms with Crippen LogP contribution in [-0.4, -0.2) is 51.8 Å². The quantitative estimate of drug-likeness (QED) is 0.353. The highest BCUT2D eigenvalue weighted by Crippen LogP contribution is 2.47. The van der Waals surface area contributed by atoms with Gasteiger partial charge in [-0.05, 0) is 26.2 Å². The van der Waals surface area contributed by atoms with E-state index in [9.17, 15) is 14.2 Å². The lowest BCUT2D eigenvalue weighted by Gasteiger charge is -2.15. The smallest absolute Gasteiger partial charge is 0.332 e. The van der Waals surface area contributed by atoms with Crippen LogP contribution in [0.25, 0.3) is 11.2 Å². The van der Waals surface area contributed by atoms with E-state index >= 15 is 0 Å². The molecule has 0 radical (unpaired) electrons. The van der Waals surface area contributed by atoms with E-state index in [4.69, 9.17) is 13.8 Å². The molecule has 0 fully saturated rings.